The first-order chi connectivity index (χ1) is 22.4. The first-order valence-corrected chi connectivity index (χ1v) is 15.3. The fourth-order valence-electron chi connectivity index (χ4n) is 6.46. The van der Waals surface area contributed by atoms with Crippen molar-refractivity contribution in [3.8, 4) is 17.2 Å². The number of ether oxygens (including phenoxy) is 4. The van der Waals surface area contributed by atoms with Gasteiger partial charge in [-0.15, -0.1) is 0 Å². The molecule has 46 heavy (non-hydrogen) atoms. The van der Waals surface area contributed by atoms with Crippen LogP contribution in [0.1, 0.15) is 24.8 Å². The van der Waals surface area contributed by atoms with Gasteiger partial charge in [-0.1, -0.05) is 12.1 Å². The van der Waals surface area contributed by atoms with E-state index in [1.165, 1.54) is 6.07 Å². The van der Waals surface area contributed by atoms with Gasteiger partial charge in [-0.25, -0.2) is 9.78 Å². The molecule has 1 N–H and O–H groups in total. The van der Waals surface area contributed by atoms with Crippen molar-refractivity contribution in [3.63, 3.8) is 0 Å². The number of rotatable bonds is 9. The summed E-state index contributed by atoms with van der Waals surface area (Å²) in [6.45, 7) is 1.22. The largest absolute Gasteiger partial charge is 0.497 e. The van der Waals surface area contributed by atoms with E-state index in [9.17, 15) is 14.4 Å². The van der Waals surface area contributed by atoms with Crippen LogP contribution in [0.25, 0.3) is 11.0 Å². The summed E-state index contributed by atoms with van der Waals surface area (Å²) in [6, 6.07) is 15.9. The third kappa shape index (κ3) is 5.58. The van der Waals surface area contributed by atoms with E-state index < -0.39 is 6.09 Å². The molecule has 7 rings (SSSR count). The molecule has 238 valence electrons. The molecule has 0 radical (unpaired) electrons. The van der Waals surface area contributed by atoms with Gasteiger partial charge in [0.25, 0.3) is 11.5 Å². The lowest BCUT2D eigenvalue weighted by molar-refractivity contribution is -0.121. The van der Waals surface area contributed by atoms with Crippen molar-refractivity contribution in [1.29, 1.82) is 0 Å². The number of benzene rings is 1. The minimum atomic E-state index is -0.461. The first kappa shape index (κ1) is 29.5. The lowest BCUT2D eigenvalue weighted by Gasteiger charge is -2.34. The van der Waals surface area contributed by atoms with Crippen LogP contribution in [0.3, 0.4) is 0 Å². The number of methoxy groups -OCH3 is 2. The Balaban J connectivity index is 1.03. The van der Waals surface area contributed by atoms with Gasteiger partial charge in [-0.3, -0.25) is 24.4 Å². The Morgan fingerprint density at radius 1 is 0.978 bits per heavy atom. The summed E-state index contributed by atoms with van der Waals surface area (Å²) in [6.07, 6.45) is 2.99. The molecule has 0 bridgehead atoms. The van der Waals surface area contributed by atoms with Crippen LogP contribution in [0.15, 0.2) is 65.6 Å². The summed E-state index contributed by atoms with van der Waals surface area (Å²) in [4.78, 5) is 51.1. The van der Waals surface area contributed by atoms with E-state index in [0.717, 1.165) is 23.3 Å². The van der Waals surface area contributed by atoms with Gasteiger partial charge in [-0.05, 0) is 48.7 Å². The highest BCUT2D eigenvalue weighted by Gasteiger charge is 2.47. The number of nitrogens with zero attached hydrogens (tertiary/aromatic N) is 5. The Labute approximate surface area is 264 Å². The summed E-state index contributed by atoms with van der Waals surface area (Å²) in [7, 11) is 3.17. The molecule has 2 amide bonds. The van der Waals surface area contributed by atoms with Crippen molar-refractivity contribution in [2.75, 3.05) is 37.2 Å². The minimum Gasteiger partial charge on any atom is -0.497 e. The van der Waals surface area contributed by atoms with Gasteiger partial charge < -0.3 is 28.8 Å². The van der Waals surface area contributed by atoms with Gasteiger partial charge in [0.15, 0.2) is 18.2 Å². The minimum absolute atomic E-state index is 0.0881. The maximum Gasteiger partial charge on any atom is 0.416 e. The van der Waals surface area contributed by atoms with Crippen LogP contribution in [0, 0.1) is 0 Å². The van der Waals surface area contributed by atoms with Gasteiger partial charge in [0.2, 0.25) is 0 Å². The van der Waals surface area contributed by atoms with Crippen molar-refractivity contribution >= 4 is 34.7 Å². The van der Waals surface area contributed by atoms with Crippen LogP contribution in [-0.2, 0) is 22.6 Å². The predicted octanol–water partition coefficient (Wildman–Crippen LogP) is 3.27. The number of hydrogen-bond acceptors (Lipinski definition) is 10. The van der Waals surface area contributed by atoms with E-state index in [1.54, 1.807) is 53.0 Å². The maximum absolute atomic E-state index is 13.2. The predicted molar refractivity (Wildman–Crippen MR) is 169 cm³/mol. The Bertz CT molecular complexity index is 1850. The molecule has 0 spiro atoms. The third-order valence-electron chi connectivity index (χ3n) is 8.83. The van der Waals surface area contributed by atoms with E-state index in [-0.39, 0.29) is 36.3 Å². The van der Waals surface area contributed by atoms with Crippen molar-refractivity contribution in [2.24, 2.45) is 0 Å². The molecule has 1 aromatic carbocycles. The SMILES string of the molecule is COc1ccc(CN2C(=O)COc3ccc(N4C(=O)O[C@H]5C[C@@H](NCCn6c(=O)ccc7ncc(OC)cc76)CC[C@@H]54)nc32)cc1. The first-order valence-electron chi connectivity index (χ1n) is 15.3. The van der Waals surface area contributed by atoms with Gasteiger partial charge >= 0.3 is 6.09 Å². The van der Waals surface area contributed by atoms with Crippen LogP contribution in [0.4, 0.5) is 16.4 Å². The number of anilines is 2. The van der Waals surface area contributed by atoms with E-state index in [4.69, 9.17) is 23.9 Å². The third-order valence-corrected chi connectivity index (χ3v) is 8.83. The topological polar surface area (TPSA) is 137 Å². The number of fused-ring (bicyclic) bond motifs is 3. The van der Waals surface area contributed by atoms with Gasteiger partial charge in [0.1, 0.15) is 23.4 Å². The van der Waals surface area contributed by atoms with Crippen LogP contribution in [0.5, 0.6) is 17.2 Å². The van der Waals surface area contributed by atoms with E-state index in [1.807, 2.05) is 30.3 Å². The second kappa shape index (κ2) is 12.3. The Morgan fingerprint density at radius 2 is 1.80 bits per heavy atom. The number of amides is 2. The second-order valence-corrected chi connectivity index (χ2v) is 11.5. The van der Waals surface area contributed by atoms with E-state index in [0.29, 0.717) is 61.1 Å². The number of carbonyl (C=O) groups excluding carboxylic acids is 2. The monoisotopic (exact) mass is 626 g/mol. The highest BCUT2D eigenvalue weighted by molar-refractivity contribution is 5.97. The molecular formula is C33H34N6O7. The van der Waals surface area contributed by atoms with Crippen molar-refractivity contribution < 1.29 is 28.5 Å². The lowest BCUT2D eigenvalue weighted by atomic mass is 9.88. The highest BCUT2D eigenvalue weighted by Crippen LogP contribution is 2.39. The fraction of sp³-hybridized carbons (Fsp3) is 0.364. The highest BCUT2D eigenvalue weighted by atomic mass is 16.6. The molecule has 3 aromatic heterocycles. The van der Waals surface area contributed by atoms with Gasteiger partial charge in [0.05, 0.1) is 44.0 Å². The zero-order chi connectivity index (χ0) is 31.8. The summed E-state index contributed by atoms with van der Waals surface area (Å²) in [5, 5.41) is 3.55. The molecule has 5 heterocycles. The zero-order valence-electron chi connectivity index (χ0n) is 25.5. The molecule has 13 nitrogen and oxygen atoms in total. The quantitative estimate of drug-likeness (QED) is 0.295. The second-order valence-electron chi connectivity index (χ2n) is 11.5. The van der Waals surface area contributed by atoms with Crippen LogP contribution >= 0.6 is 0 Å². The normalized spacial score (nSPS) is 20.6. The van der Waals surface area contributed by atoms with Gasteiger partial charge in [-0.2, -0.15) is 0 Å². The maximum atomic E-state index is 13.2. The molecule has 0 unspecified atom stereocenters. The van der Waals surface area contributed by atoms with Crippen molar-refractivity contribution in [1.82, 2.24) is 19.9 Å². The number of carbonyl (C=O) groups is 2. The summed E-state index contributed by atoms with van der Waals surface area (Å²) < 4.78 is 23.8. The molecule has 1 aliphatic carbocycles. The van der Waals surface area contributed by atoms with Crippen LogP contribution in [0.2, 0.25) is 0 Å². The molecule has 2 aliphatic heterocycles. The molecule has 13 heteroatoms. The van der Waals surface area contributed by atoms with E-state index >= 15 is 0 Å². The Morgan fingerprint density at radius 3 is 2.61 bits per heavy atom. The summed E-state index contributed by atoms with van der Waals surface area (Å²) in [5.74, 6) is 2.36. The number of pyridine rings is 3. The molecule has 3 atom stereocenters. The lowest BCUT2D eigenvalue weighted by Crippen LogP contribution is -2.47. The van der Waals surface area contributed by atoms with Crippen LogP contribution < -0.4 is 34.9 Å². The number of nitrogens with one attached hydrogen (secondary N) is 1. The average molecular weight is 627 g/mol. The van der Waals surface area contributed by atoms with Gasteiger partial charge in [0, 0.05) is 37.7 Å². The molecule has 2 fully saturated rings. The Hall–Kier alpha value is -5.17. The summed E-state index contributed by atoms with van der Waals surface area (Å²) in [5.41, 5.74) is 2.22. The zero-order valence-corrected chi connectivity index (χ0v) is 25.5. The fourth-order valence-corrected chi connectivity index (χ4v) is 6.46. The van der Waals surface area contributed by atoms with Crippen LogP contribution in [-0.4, -0.2) is 72.1 Å². The number of hydrogen-bond donors (Lipinski definition) is 1. The number of aromatic nitrogens is 3. The molecule has 1 saturated heterocycles. The standard InChI is InChI=1S/C33H34N6O7/c1-43-22-6-3-20(4-7-22)18-38-31(41)19-45-27-10-11-29(36-32(27)38)39-25-9-5-21(15-28(25)46-33(39)42)34-13-14-37-26-16-23(44-2)17-35-24(26)8-12-30(37)40/h3-4,6-8,10-12,16-17,21,25,28,34H,5,9,13-15,18-19H2,1-2H3/t21-,25-,28-/m0/s1. The van der Waals surface area contributed by atoms with Crippen molar-refractivity contribution in [3.05, 3.63) is 76.7 Å². The molecular weight excluding hydrogens is 592 g/mol. The molecule has 3 aliphatic rings. The smallest absolute Gasteiger partial charge is 0.416 e. The molecule has 1 saturated carbocycles. The van der Waals surface area contributed by atoms with E-state index in [2.05, 4.69) is 10.3 Å². The Kier molecular flexibility index (Phi) is 7.91. The average Bonchev–Trinajstić information content (AvgIpc) is 3.41. The summed E-state index contributed by atoms with van der Waals surface area (Å²) >= 11 is 0. The van der Waals surface area contributed by atoms with Crippen molar-refractivity contribution in [2.45, 2.75) is 50.5 Å². The molecule has 4 aromatic rings.